The van der Waals surface area contributed by atoms with E-state index in [-0.39, 0.29) is 24.2 Å². The van der Waals surface area contributed by atoms with Crippen molar-refractivity contribution in [2.45, 2.75) is 31.2 Å². The van der Waals surface area contributed by atoms with E-state index in [4.69, 9.17) is 0 Å². The lowest BCUT2D eigenvalue weighted by atomic mass is 10.0. The van der Waals surface area contributed by atoms with Gasteiger partial charge in [-0.15, -0.1) is 12.4 Å². The molecule has 2 aromatic rings. The molecule has 4 heteroatoms. The molecule has 2 atom stereocenters. The lowest BCUT2D eigenvalue weighted by Gasteiger charge is -2.23. The first-order chi connectivity index (χ1) is 10.8. The molecule has 1 amide bonds. The van der Waals surface area contributed by atoms with Gasteiger partial charge in [-0.25, -0.2) is 0 Å². The van der Waals surface area contributed by atoms with Gasteiger partial charge in [0.15, 0.2) is 0 Å². The Kier molecular flexibility index (Phi) is 4.88. The smallest absolute Gasteiger partial charge is 0.223 e. The maximum atomic E-state index is 12.4. The summed E-state index contributed by atoms with van der Waals surface area (Å²) in [6.45, 7) is 2.04. The molecule has 122 valence electrons. The van der Waals surface area contributed by atoms with Gasteiger partial charge in [-0.1, -0.05) is 42.5 Å². The van der Waals surface area contributed by atoms with E-state index in [1.54, 1.807) is 0 Å². The minimum Gasteiger partial charge on any atom is -0.353 e. The quantitative estimate of drug-likeness (QED) is 0.907. The largest absolute Gasteiger partial charge is 0.353 e. The summed E-state index contributed by atoms with van der Waals surface area (Å²) in [6.07, 6.45) is 3.10. The molecule has 4 rings (SSSR count). The monoisotopic (exact) mass is 330 g/mol. The number of benzene rings is 2. The number of amides is 1. The van der Waals surface area contributed by atoms with Gasteiger partial charge in [0.05, 0.1) is 0 Å². The van der Waals surface area contributed by atoms with E-state index < -0.39 is 0 Å². The molecule has 2 fully saturated rings. The number of halogens is 1. The van der Waals surface area contributed by atoms with Crippen molar-refractivity contribution in [3.05, 3.63) is 48.0 Å². The second kappa shape index (κ2) is 6.90. The van der Waals surface area contributed by atoms with Crippen LogP contribution in [0.1, 0.15) is 30.7 Å². The average Bonchev–Trinajstić information content (AvgIpc) is 3.36. The molecule has 3 nitrogen and oxygen atoms in total. The number of piperidine rings is 1. The minimum absolute atomic E-state index is 0. The van der Waals surface area contributed by atoms with Crippen LogP contribution < -0.4 is 10.6 Å². The maximum Gasteiger partial charge on any atom is 0.223 e. The molecular weight excluding hydrogens is 308 g/mol. The van der Waals surface area contributed by atoms with Crippen molar-refractivity contribution in [1.29, 1.82) is 0 Å². The Morgan fingerprint density at radius 2 is 1.78 bits per heavy atom. The summed E-state index contributed by atoms with van der Waals surface area (Å²) in [5.41, 5.74) is 1.31. The molecule has 23 heavy (non-hydrogen) atoms. The first kappa shape index (κ1) is 16.3. The highest BCUT2D eigenvalue weighted by atomic mass is 35.5. The molecule has 2 aromatic carbocycles. The topological polar surface area (TPSA) is 41.1 Å². The molecule has 0 radical (unpaired) electrons. The van der Waals surface area contributed by atoms with Crippen LogP contribution in [0.5, 0.6) is 0 Å². The van der Waals surface area contributed by atoms with E-state index >= 15 is 0 Å². The van der Waals surface area contributed by atoms with Crippen molar-refractivity contribution >= 4 is 29.1 Å². The van der Waals surface area contributed by atoms with Crippen LogP contribution in [0.3, 0.4) is 0 Å². The van der Waals surface area contributed by atoms with Crippen LogP contribution in [-0.4, -0.2) is 25.0 Å². The number of hydrogen-bond donors (Lipinski definition) is 2. The van der Waals surface area contributed by atoms with Crippen molar-refractivity contribution < 1.29 is 4.79 Å². The molecule has 0 aromatic heterocycles. The van der Waals surface area contributed by atoms with Crippen LogP contribution in [-0.2, 0) is 4.79 Å². The van der Waals surface area contributed by atoms with Gasteiger partial charge in [0.1, 0.15) is 0 Å². The van der Waals surface area contributed by atoms with E-state index in [1.807, 2.05) is 0 Å². The van der Waals surface area contributed by atoms with Crippen molar-refractivity contribution in [3.63, 3.8) is 0 Å². The second-order valence-electron chi connectivity index (χ2n) is 6.59. The van der Waals surface area contributed by atoms with Gasteiger partial charge < -0.3 is 10.6 Å². The Balaban J connectivity index is 0.00000156. The fourth-order valence-electron chi connectivity index (χ4n) is 3.57. The molecule has 2 unspecified atom stereocenters. The zero-order chi connectivity index (χ0) is 14.9. The van der Waals surface area contributed by atoms with Gasteiger partial charge in [0, 0.05) is 12.0 Å². The van der Waals surface area contributed by atoms with Gasteiger partial charge in [0.2, 0.25) is 5.91 Å². The summed E-state index contributed by atoms with van der Waals surface area (Å²) in [6, 6.07) is 15.4. The second-order valence-corrected chi connectivity index (χ2v) is 6.59. The van der Waals surface area contributed by atoms with Gasteiger partial charge in [-0.2, -0.15) is 0 Å². The summed E-state index contributed by atoms with van der Waals surface area (Å²) in [7, 11) is 0. The predicted molar refractivity (Wildman–Crippen MR) is 96.1 cm³/mol. The molecule has 0 spiro atoms. The molecule has 2 aliphatic rings. The first-order valence-corrected chi connectivity index (χ1v) is 8.31. The fraction of sp³-hybridized carbons (Fsp3) is 0.421. The molecule has 1 heterocycles. The Labute approximate surface area is 143 Å². The normalized spacial score (nSPS) is 24.0. The summed E-state index contributed by atoms with van der Waals surface area (Å²) < 4.78 is 0. The van der Waals surface area contributed by atoms with Crippen LogP contribution in [0.2, 0.25) is 0 Å². The lowest BCUT2D eigenvalue weighted by molar-refractivity contribution is -0.123. The zero-order valence-corrected chi connectivity index (χ0v) is 13.9. The Morgan fingerprint density at radius 1 is 1.04 bits per heavy atom. The van der Waals surface area contributed by atoms with E-state index in [0.29, 0.717) is 12.0 Å². The average molecular weight is 331 g/mol. The van der Waals surface area contributed by atoms with Gasteiger partial charge in [-0.05, 0) is 54.6 Å². The maximum absolute atomic E-state index is 12.4. The Hall–Kier alpha value is -1.58. The lowest BCUT2D eigenvalue weighted by Crippen LogP contribution is -2.43. The van der Waals surface area contributed by atoms with Crippen LogP contribution in [0.4, 0.5) is 0 Å². The molecule has 2 N–H and O–H groups in total. The summed E-state index contributed by atoms with van der Waals surface area (Å²) >= 11 is 0. The Bertz CT molecular complexity index is 697. The van der Waals surface area contributed by atoms with Crippen LogP contribution in [0.15, 0.2) is 42.5 Å². The molecule has 1 aliphatic carbocycles. The standard InChI is InChI=1S/C19H22N2O.ClH/c22-19(21-16-7-9-20-10-8-16)18-12-17(18)15-6-5-13-3-1-2-4-14(13)11-15;/h1-6,11,16-18,20H,7-10,12H2,(H,21,22);1H. The number of carbonyl (C=O) groups is 1. The predicted octanol–water partition coefficient (Wildman–Crippen LogP) is 3.23. The van der Waals surface area contributed by atoms with Crippen molar-refractivity contribution in [3.8, 4) is 0 Å². The highest BCUT2D eigenvalue weighted by Gasteiger charge is 2.44. The van der Waals surface area contributed by atoms with Crippen molar-refractivity contribution in [2.24, 2.45) is 5.92 Å². The van der Waals surface area contributed by atoms with Crippen molar-refractivity contribution in [2.75, 3.05) is 13.1 Å². The van der Waals surface area contributed by atoms with Gasteiger partial charge in [0.25, 0.3) is 0 Å². The van der Waals surface area contributed by atoms with E-state index in [2.05, 4.69) is 53.1 Å². The molecule has 0 bridgehead atoms. The van der Waals surface area contributed by atoms with Crippen LogP contribution in [0.25, 0.3) is 10.8 Å². The molecular formula is C19H23ClN2O. The van der Waals surface area contributed by atoms with E-state index in [0.717, 1.165) is 32.4 Å². The third kappa shape index (κ3) is 3.51. The fourth-order valence-corrected chi connectivity index (χ4v) is 3.57. The molecule has 1 aliphatic heterocycles. The Morgan fingerprint density at radius 3 is 2.57 bits per heavy atom. The summed E-state index contributed by atoms with van der Waals surface area (Å²) in [5.74, 6) is 0.840. The van der Waals surface area contributed by atoms with Crippen LogP contribution in [0, 0.1) is 5.92 Å². The van der Waals surface area contributed by atoms with Crippen molar-refractivity contribution in [1.82, 2.24) is 10.6 Å². The number of hydrogen-bond acceptors (Lipinski definition) is 2. The molecule has 1 saturated heterocycles. The first-order valence-electron chi connectivity index (χ1n) is 8.31. The van der Waals surface area contributed by atoms with E-state index in [9.17, 15) is 4.79 Å². The van der Waals surface area contributed by atoms with Crippen LogP contribution >= 0.6 is 12.4 Å². The molecule has 1 saturated carbocycles. The van der Waals surface area contributed by atoms with E-state index in [1.165, 1.54) is 16.3 Å². The highest BCUT2D eigenvalue weighted by molar-refractivity contribution is 5.86. The number of fused-ring (bicyclic) bond motifs is 1. The summed E-state index contributed by atoms with van der Waals surface area (Å²) in [4.78, 5) is 12.4. The third-order valence-corrected chi connectivity index (χ3v) is 5.01. The highest BCUT2D eigenvalue weighted by Crippen LogP contribution is 2.48. The number of carbonyl (C=O) groups excluding carboxylic acids is 1. The third-order valence-electron chi connectivity index (χ3n) is 5.01. The van der Waals surface area contributed by atoms with Gasteiger partial charge in [-0.3, -0.25) is 4.79 Å². The van der Waals surface area contributed by atoms with Gasteiger partial charge >= 0.3 is 0 Å². The SMILES string of the molecule is Cl.O=C(NC1CCNCC1)C1CC1c1ccc2ccccc2c1. The summed E-state index contributed by atoms with van der Waals surface area (Å²) in [5, 5.41) is 9.11. The minimum atomic E-state index is 0. The number of nitrogens with one attached hydrogen (secondary N) is 2. The number of rotatable bonds is 3. The zero-order valence-electron chi connectivity index (χ0n) is 13.1.